The normalized spacial score (nSPS) is 12.5. The molecule has 0 aliphatic heterocycles. The lowest BCUT2D eigenvalue weighted by atomic mass is 10.0. The zero-order valence-corrected chi connectivity index (χ0v) is 11.0. The van der Waals surface area contributed by atoms with Crippen LogP contribution in [0.25, 0.3) is 0 Å². The third-order valence-corrected chi connectivity index (χ3v) is 3.34. The van der Waals surface area contributed by atoms with E-state index in [1.54, 1.807) is 30.3 Å². The molecule has 1 N–H and O–H groups in total. The van der Waals surface area contributed by atoms with E-state index in [-0.39, 0.29) is 5.82 Å². The number of halogens is 3. The first-order chi connectivity index (χ1) is 8.08. The average Bonchev–Trinajstić information content (AvgIpc) is 2.28. The van der Waals surface area contributed by atoms with Gasteiger partial charge in [0.2, 0.25) is 0 Å². The molecule has 17 heavy (non-hydrogen) atoms. The molecular formula is C13H9BrClFO. The number of hydrogen-bond acceptors (Lipinski definition) is 1. The second-order valence-corrected chi connectivity index (χ2v) is 4.91. The summed E-state index contributed by atoms with van der Waals surface area (Å²) >= 11 is 9.09. The molecule has 2 aromatic carbocycles. The molecule has 4 heteroatoms. The topological polar surface area (TPSA) is 20.2 Å². The number of aliphatic hydroxyl groups is 1. The van der Waals surface area contributed by atoms with Crippen LogP contribution in [0.5, 0.6) is 0 Å². The maximum Gasteiger partial charge on any atom is 0.124 e. The second kappa shape index (κ2) is 5.17. The largest absolute Gasteiger partial charge is 0.384 e. The zero-order valence-electron chi connectivity index (χ0n) is 8.70. The molecule has 1 unspecified atom stereocenters. The number of hydrogen-bond donors (Lipinski definition) is 1. The Labute approximate surface area is 112 Å². The molecule has 0 radical (unpaired) electrons. The molecule has 0 spiro atoms. The molecule has 0 fully saturated rings. The third-order valence-electron chi connectivity index (χ3n) is 2.42. The van der Waals surface area contributed by atoms with Crippen molar-refractivity contribution in [2.45, 2.75) is 6.10 Å². The van der Waals surface area contributed by atoms with Gasteiger partial charge in [-0.05, 0) is 35.4 Å². The van der Waals surface area contributed by atoms with Gasteiger partial charge in [-0.1, -0.05) is 45.7 Å². The van der Waals surface area contributed by atoms with Gasteiger partial charge in [0.15, 0.2) is 0 Å². The van der Waals surface area contributed by atoms with Crippen molar-refractivity contribution in [2.24, 2.45) is 0 Å². The number of benzene rings is 2. The van der Waals surface area contributed by atoms with Gasteiger partial charge in [-0.15, -0.1) is 0 Å². The van der Waals surface area contributed by atoms with Crippen molar-refractivity contribution in [3.05, 3.63) is 68.9 Å². The molecule has 1 atom stereocenters. The predicted octanol–water partition coefficient (Wildman–Crippen LogP) is 4.32. The number of aliphatic hydroxyl groups excluding tert-OH is 1. The van der Waals surface area contributed by atoms with Crippen molar-refractivity contribution >= 4 is 27.5 Å². The monoisotopic (exact) mass is 314 g/mol. The van der Waals surface area contributed by atoms with Gasteiger partial charge in [0.1, 0.15) is 11.9 Å². The summed E-state index contributed by atoms with van der Waals surface area (Å²) in [5, 5.41) is 10.7. The predicted molar refractivity (Wildman–Crippen MR) is 69.6 cm³/mol. The number of rotatable bonds is 2. The van der Waals surface area contributed by atoms with Gasteiger partial charge in [-0.25, -0.2) is 4.39 Å². The van der Waals surface area contributed by atoms with Gasteiger partial charge in [0.25, 0.3) is 0 Å². The summed E-state index contributed by atoms with van der Waals surface area (Å²) in [7, 11) is 0. The molecular weight excluding hydrogens is 306 g/mol. The smallest absolute Gasteiger partial charge is 0.124 e. The minimum absolute atomic E-state index is 0.348. The van der Waals surface area contributed by atoms with Crippen LogP contribution < -0.4 is 0 Å². The van der Waals surface area contributed by atoms with Gasteiger partial charge >= 0.3 is 0 Å². The van der Waals surface area contributed by atoms with E-state index in [4.69, 9.17) is 11.6 Å². The first-order valence-corrected chi connectivity index (χ1v) is 6.13. The van der Waals surface area contributed by atoms with Gasteiger partial charge in [-0.3, -0.25) is 0 Å². The van der Waals surface area contributed by atoms with Crippen LogP contribution in [0.4, 0.5) is 4.39 Å². The maximum absolute atomic E-state index is 12.9. The summed E-state index contributed by atoms with van der Waals surface area (Å²) in [4.78, 5) is 0. The lowest BCUT2D eigenvalue weighted by Crippen LogP contribution is -2.00. The van der Waals surface area contributed by atoms with Crippen LogP contribution in [0.15, 0.2) is 46.9 Å². The van der Waals surface area contributed by atoms with Crippen LogP contribution in [0.1, 0.15) is 17.2 Å². The summed E-state index contributed by atoms with van der Waals surface area (Å²) < 4.78 is 13.5. The lowest BCUT2D eigenvalue weighted by molar-refractivity contribution is 0.219. The molecule has 0 saturated carbocycles. The minimum atomic E-state index is -0.830. The van der Waals surface area contributed by atoms with E-state index in [1.807, 2.05) is 0 Å². The molecule has 2 aromatic rings. The van der Waals surface area contributed by atoms with Gasteiger partial charge in [-0.2, -0.15) is 0 Å². The van der Waals surface area contributed by atoms with Crippen LogP contribution in [0, 0.1) is 5.82 Å². The van der Waals surface area contributed by atoms with Crippen LogP contribution in [-0.4, -0.2) is 5.11 Å². The van der Waals surface area contributed by atoms with E-state index in [2.05, 4.69) is 15.9 Å². The van der Waals surface area contributed by atoms with Gasteiger partial charge < -0.3 is 5.11 Å². The average molecular weight is 316 g/mol. The Bertz CT molecular complexity index is 545. The molecule has 0 saturated heterocycles. The molecule has 2 rings (SSSR count). The zero-order chi connectivity index (χ0) is 12.4. The Morgan fingerprint density at radius 3 is 2.59 bits per heavy atom. The molecule has 0 aliphatic rings. The maximum atomic E-state index is 12.9. The summed E-state index contributed by atoms with van der Waals surface area (Å²) in [5.41, 5.74) is 1.28. The summed E-state index contributed by atoms with van der Waals surface area (Å²) in [6.45, 7) is 0. The molecule has 0 aromatic heterocycles. The van der Waals surface area contributed by atoms with E-state index in [9.17, 15) is 9.50 Å². The first-order valence-electron chi connectivity index (χ1n) is 4.96. The highest BCUT2D eigenvalue weighted by molar-refractivity contribution is 9.10. The summed E-state index contributed by atoms with van der Waals surface area (Å²) in [5.74, 6) is -0.348. The van der Waals surface area contributed by atoms with Gasteiger partial charge in [0.05, 0.1) is 0 Å². The van der Waals surface area contributed by atoms with E-state index in [0.29, 0.717) is 20.6 Å². The highest BCUT2D eigenvalue weighted by Gasteiger charge is 2.14. The van der Waals surface area contributed by atoms with E-state index >= 15 is 0 Å². The Hall–Kier alpha value is -0.900. The van der Waals surface area contributed by atoms with Crippen LogP contribution in [0.2, 0.25) is 5.02 Å². The lowest BCUT2D eigenvalue weighted by Gasteiger charge is -2.13. The van der Waals surface area contributed by atoms with Crippen LogP contribution in [0.3, 0.4) is 0 Å². The fraction of sp³-hybridized carbons (Fsp3) is 0.0769. The van der Waals surface area contributed by atoms with E-state index in [1.165, 1.54) is 12.1 Å². The van der Waals surface area contributed by atoms with E-state index < -0.39 is 6.10 Å². The standard InChI is InChI=1S/C13H9BrClFO/c14-12-7-10(16)4-5-11(12)13(17)8-2-1-3-9(15)6-8/h1-7,13,17H. The molecule has 88 valence electrons. The van der Waals surface area contributed by atoms with Gasteiger partial charge in [0, 0.05) is 9.50 Å². The second-order valence-electron chi connectivity index (χ2n) is 3.62. The quantitative estimate of drug-likeness (QED) is 0.875. The fourth-order valence-corrected chi connectivity index (χ4v) is 2.35. The highest BCUT2D eigenvalue weighted by Crippen LogP contribution is 2.30. The Morgan fingerprint density at radius 2 is 1.94 bits per heavy atom. The van der Waals surface area contributed by atoms with Crippen molar-refractivity contribution in [1.29, 1.82) is 0 Å². The Balaban J connectivity index is 2.40. The van der Waals surface area contributed by atoms with Crippen molar-refractivity contribution in [2.75, 3.05) is 0 Å². The molecule has 1 nitrogen and oxygen atoms in total. The molecule has 0 bridgehead atoms. The highest BCUT2D eigenvalue weighted by atomic mass is 79.9. The van der Waals surface area contributed by atoms with E-state index in [0.717, 1.165) is 0 Å². The Kier molecular flexibility index (Phi) is 3.82. The van der Waals surface area contributed by atoms with Crippen molar-refractivity contribution in [3.8, 4) is 0 Å². The van der Waals surface area contributed by atoms with Crippen molar-refractivity contribution in [3.63, 3.8) is 0 Å². The van der Waals surface area contributed by atoms with Crippen molar-refractivity contribution < 1.29 is 9.50 Å². The summed E-state index contributed by atoms with van der Waals surface area (Å²) in [6.07, 6.45) is -0.830. The van der Waals surface area contributed by atoms with Crippen LogP contribution in [-0.2, 0) is 0 Å². The minimum Gasteiger partial charge on any atom is -0.384 e. The Morgan fingerprint density at radius 1 is 1.18 bits per heavy atom. The first kappa shape index (κ1) is 12.6. The van der Waals surface area contributed by atoms with Crippen LogP contribution >= 0.6 is 27.5 Å². The molecule has 0 amide bonds. The summed E-state index contributed by atoms with van der Waals surface area (Å²) in [6, 6.07) is 11.1. The molecule has 0 aliphatic carbocycles. The SMILES string of the molecule is OC(c1cccc(Cl)c1)c1ccc(F)cc1Br. The van der Waals surface area contributed by atoms with Crippen molar-refractivity contribution in [1.82, 2.24) is 0 Å². The third kappa shape index (κ3) is 2.86. The fourth-order valence-electron chi connectivity index (χ4n) is 1.58. The molecule has 0 heterocycles.